The van der Waals surface area contributed by atoms with E-state index in [1.54, 1.807) is 18.1 Å². The number of carbonyl (C=O) groups excluding carboxylic acids is 2. The second kappa shape index (κ2) is 6.11. The first kappa shape index (κ1) is 14.6. The average molecular weight is 292 g/mol. The number of nitrogens with zero attached hydrogens (tertiary/aromatic N) is 2. The molecule has 2 rings (SSSR count). The van der Waals surface area contributed by atoms with E-state index in [1.807, 2.05) is 38.4 Å². The van der Waals surface area contributed by atoms with Gasteiger partial charge in [0, 0.05) is 5.56 Å². The molecule has 0 N–H and O–H groups in total. The fourth-order valence-electron chi connectivity index (χ4n) is 1.83. The minimum absolute atomic E-state index is 0.246. The first-order valence-electron chi connectivity index (χ1n) is 6.06. The molecule has 1 aromatic carbocycles. The van der Waals surface area contributed by atoms with Crippen LogP contribution in [0.5, 0.6) is 5.75 Å². The fraction of sp³-hybridized carbons (Fsp3) is 0.286. The predicted molar refractivity (Wildman–Crippen MR) is 79.4 cm³/mol. The van der Waals surface area contributed by atoms with Crippen LogP contribution in [-0.4, -0.2) is 48.8 Å². The summed E-state index contributed by atoms with van der Waals surface area (Å²) in [6, 6.07) is 7.38. The summed E-state index contributed by atoms with van der Waals surface area (Å²) in [5.41, 5.74) is 0.783. The van der Waals surface area contributed by atoms with Gasteiger partial charge in [0.15, 0.2) is 0 Å². The number of para-hydroxylation sites is 1. The Morgan fingerprint density at radius 2 is 2.00 bits per heavy atom. The summed E-state index contributed by atoms with van der Waals surface area (Å²) in [7, 11) is 5.20. The number of hydrogen-bond acceptors (Lipinski definition) is 5. The lowest BCUT2D eigenvalue weighted by Gasteiger charge is -2.17. The van der Waals surface area contributed by atoms with E-state index >= 15 is 0 Å². The molecule has 6 heteroatoms. The number of hydrogen-bond donors (Lipinski definition) is 0. The summed E-state index contributed by atoms with van der Waals surface area (Å²) >= 11 is 0.954. The summed E-state index contributed by atoms with van der Waals surface area (Å²) in [6.45, 7) is 0.286. The van der Waals surface area contributed by atoms with Crippen LogP contribution in [0.3, 0.4) is 0 Å². The van der Waals surface area contributed by atoms with Crippen molar-refractivity contribution in [2.24, 2.45) is 0 Å². The first-order chi connectivity index (χ1) is 9.52. The standard InChI is InChI=1S/C14H16N2O3S/c1-15(2)9-16-13(17)12(20-14(16)18)8-10-6-4-5-7-11(10)19-3/h4-8H,9H2,1-3H3/b12-8-. The summed E-state index contributed by atoms with van der Waals surface area (Å²) < 4.78 is 5.24. The van der Waals surface area contributed by atoms with Crippen LogP contribution < -0.4 is 4.74 Å². The Balaban J connectivity index is 2.28. The maximum absolute atomic E-state index is 12.2. The molecule has 1 saturated heterocycles. The Bertz CT molecular complexity index is 569. The topological polar surface area (TPSA) is 49.9 Å². The van der Waals surface area contributed by atoms with Crippen molar-refractivity contribution in [3.05, 3.63) is 34.7 Å². The Labute approximate surface area is 122 Å². The molecule has 1 aliphatic heterocycles. The third-order valence-electron chi connectivity index (χ3n) is 2.72. The van der Waals surface area contributed by atoms with Gasteiger partial charge < -0.3 is 4.74 Å². The normalized spacial score (nSPS) is 17.4. The van der Waals surface area contributed by atoms with Gasteiger partial charge in [-0.05, 0) is 38.0 Å². The van der Waals surface area contributed by atoms with Gasteiger partial charge in [-0.1, -0.05) is 18.2 Å². The van der Waals surface area contributed by atoms with Gasteiger partial charge in [0.2, 0.25) is 0 Å². The summed E-state index contributed by atoms with van der Waals surface area (Å²) in [6.07, 6.45) is 1.69. The number of thioether (sulfide) groups is 1. The van der Waals surface area contributed by atoms with E-state index in [1.165, 1.54) is 4.90 Å². The predicted octanol–water partition coefficient (Wildman–Crippen LogP) is 2.25. The number of benzene rings is 1. The smallest absolute Gasteiger partial charge is 0.294 e. The SMILES string of the molecule is COc1ccccc1/C=C1\SC(=O)N(CN(C)C)C1=O. The number of imide groups is 1. The average Bonchev–Trinajstić information content (AvgIpc) is 2.67. The van der Waals surface area contributed by atoms with Crippen molar-refractivity contribution in [1.29, 1.82) is 0 Å². The fourth-order valence-corrected chi connectivity index (χ4v) is 2.65. The Hall–Kier alpha value is -1.79. The van der Waals surface area contributed by atoms with Gasteiger partial charge in [-0.25, -0.2) is 0 Å². The van der Waals surface area contributed by atoms with Crippen molar-refractivity contribution in [3.63, 3.8) is 0 Å². The van der Waals surface area contributed by atoms with E-state index in [0.29, 0.717) is 10.7 Å². The Morgan fingerprint density at radius 1 is 1.30 bits per heavy atom. The molecule has 0 unspecified atom stereocenters. The largest absolute Gasteiger partial charge is 0.496 e. The molecular formula is C14H16N2O3S. The van der Waals surface area contributed by atoms with E-state index in [9.17, 15) is 9.59 Å². The second-order valence-electron chi connectivity index (χ2n) is 4.57. The summed E-state index contributed by atoms with van der Waals surface area (Å²) in [5.74, 6) is 0.409. The minimum Gasteiger partial charge on any atom is -0.496 e. The van der Waals surface area contributed by atoms with Crippen LogP contribution in [0.1, 0.15) is 5.56 Å². The highest BCUT2D eigenvalue weighted by molar-refractivity contribution is 8.18. The van der Waals surface area contributed by atoms with E-state index < -0.39 is 0 Å². The van der Waals surface area contributed by atoms with Crippen molar-refractivity contribution in [2.45, 2.75) is 0 Å². The van der Waals surface area contributed by atoms with Gasteiger partial charge in [-0.3, -0.25) is 19.4 Å². The highest BCUT2D eigenvalue weighted by Gasteiger charge is 2.35. The number of carbonyl (C=O) groups is 2. The molecule has 1 aliphatic rings. The number of ether oxygens (including phenoxy) is 1. The van der Waals surface area contributed by atoms with Gasteiger partial charge in [0.1, 0.15) is 5.75 Å². The molecule has 1 heterocycles. The minimum atomic E-state index is -0.264. The molecule has 1 aromatic rings. The molecule has 0 saturated carbocycles. The van der Waals surface area contributed by atoms with Crippen molar-refractivity contribution in [1.82, 2.24) is 9.80 Å². The van der Waals surface area contributed by atoms with Crippen LogP contribution in [0.2, 0.25) is 0 Å². The van der Waals surface area contributed by atoms with Crippen LogP contribution in [0.25, 0.3) is 6.08 Å². The lowest BCUT2D eigenvalue weighted by molar-refractivity contribution is -0.123. The molecule has 20 heavy (non-hydrogen) atoms. The zero-order chi connectivity index (χ0) is 14.7. The van der Waals surface area contributed by atoms with Gasteiger partial charge in [-0.15, -0.1) is 0 Å². The molecule has 0 aliphatic carbocycles. The highest BCUT2D eigenvalue weighted by Crippen LogP contribution is 2.33. The van der Waals surface area contributed by atoms with Crippen LogP contribution in [-0.2, 0) is 4.79 Å². The lowest BCUT2D eigenvalue weighted by Crippen LogP contribution is -2.36. The number of amides is 2. The second-order valence-corrected chi connectivity index (χ2v) is 5.57. The van der Waals surface area contributed by atoms with Gasteiger partial charge in [-0.2, -0.15) is 0 Å². The molecule has 106 valence electrons. The Morgan fingerprint density at radius 3 is 2.65 bits per heavy atom. The van der Waals surface area contributed by atoms with Gasteiger partial charge in [0.25, 0.3) is 11.1 Å². The molecule has 0 bridgehead atoms. The summed E-state index contributed by atoms with van der Waals surface area (Å²) in [5, 5.41) is -0.246. The lowest BCUT2D eigenvalue weighted by atomic mass is 10.2. The zero-order valence-corrected chi connectivity index (χ0v) is 12.4. The van der Waals surface area contributed by atoms with Crippen LogP contribution >= 0.6 is 11.8 Å². The molecule has 0 aromatic heterocycles. The van der Waals surface area contributed by atoms with E-state index in [-0.39, 0.29) is 17.8 Å². The van der Waals surface area contributed by atoms with Crippen molar-refractivity contribution < 1.29 is 14.3 Å². The maximum atomic E-state index is 12.2. The van der Waals surface area contributed by atoms with Crippen LogP contribution in [0.4, 0.5) is 4.79 Å². The number of methoxy groups -OCH3 is 1. The van der Waals surface area contributed by atoms with Crippen molar-refractivity contribution in [2.75, 3.05) is 27.9 Å². The molecule has 0 spiro atoms. The Kier molecular flexibility index (Phi) is 4.46. The van der Waals surface area contributed by atoms with Crippen molar-refractivity contribution >= 4 is 29.0 Å². The third kappa shape index (κ3) is 3.02. The van der Waals surface area contributed by atoms with E-state index in [2.05, 4.69) is 0 Å². The highest BCUT2D eigenvalue weighted by atomic mass is 32.2. The molecule has 0 atom stereocenters. The molecule has 0 radical (unpaired) electrons. The maximum Gasteiger partial charge on any atom is 0.294 e. The quantitative estimate of drug-likeness (QED) is 0.797. The monoisotopic (exact) mass is 292 g/mol. The van der Waals surface area contributed by atoms with Crippen LogP contribution in [0.15, 0.2) is 29.2 Å². The third-order valence-corrected chi connectivity index (χ3v) is 3.63. The van der Waals surface area contributed by atoms with E-state index in [4.69, 9.17) is 4.74 Å². The summed E-state index contributed by atoms with van der Waals surface area (Å²) in [4.78, 5) is 27.5. The van der Waals surface area contributed by atoms with Crippen LogP contribution in [0, 0.1) is 0 Å². The molecule has 2 amide bonds. The molecule has 1 fully saturated rings. The van der Waals surface area contributed by atoms with E-state index in [0.717, 1.165) is 17.3 Å². The molecule has 5 nitrogen and oxygen atoms in total. The van der Waals surface area contributed by atoms with Gasteiger partial charge >= 0.3 is 0 Å². The number of rotatable bonds is 4. The van der Waals surface area contributed by atoms with Crippen molar-refractivity contribution in [3.8, 4) is 5.75 Å². The van der Waals surface area contributed by atoms with Gasteiger partial charge in [0.05, 0.1) is 18.7 Å². The zero-order valence-electron chi connectivity index (χ0n) is 11.6. The first-order valence-corrected chi connectivity index (χ1v) is 6.87. The molecular weight excluding hydrogens is 276 g/mol.